The van der Waals surface area contributed by atoms with E-state index < -0.39 is 10.0 Å². The van der Waals surface area contributed by atoms with E-state index in [1.54, 1.807) is 42.5 Å². The van der Waals surface area contributed by atoms with Gasteiger partial charge in [0.2, 0.25) is 10.0 Å². The third kappa shape index (κ3) is 5.14. The predicted octanol–water partition coefficient (Wildman–Crippen LogP) is 3.81. The van der Waals surface area contributed by atoms with Crippen LogP contribution >= 0.6 is 35.4 Å². The van der Waals surface area contributed by atoms with Crippen LogP contribution in [0.4, 0.5) is 5.69 Å². The van der Waals surface area contributed by atoms with Gasteiger partial charge in [0.1, 0.15) is 0 Å². The molecule has 0 heterocycles. The van der Waals surface area contributed by atoms with E-state index in [0.717, 1.165) is 0 Å². The monoisotopic (exact) mass is 374 g/mol. The molecule has 8 heteroatoms. The highest BCUT2D eigenvalue weighted by molar-refractivity contribution is 7.91. The van der Waals surface area contributed by atoms with Crippen LogP contribution in [0.15, 0.2) is 48.5 Å². The Morgan fingerprint density at radius 3 is 2.36 bits per heavy atom. The number of anilines is 1. The lowest BCUT2D eigenvalue weighted by Gasteiger charge is -2.11. The summed E-state index contributed by atoms with van der Waals surface area (Å²) in [5.74, 6) is -0.156. The second-order valence-corrected chi connectivity index (χ2v) is 7.37. The smallest absolute Gasteiger partial charge is 0.238 e. The Hall–Kier alpha value is -1.34. The van der Waals surface area contributed by atoms with Crippen LogP contribution in [0.1, 0.15) is 5.56 Å². The topological polar surface area (TPSA) is 58.2 Å². The Morgan fingerprint density at radius 1 is 1.05 bits per heavy atom. The number of sulfonamides is 1. The molecular weight excluding hydrogens is 363 g/mol. The largest absolute Gasteiger partial charge is 0.332 e. The maximum absolute atomic E-state index is 12.0. The van der Waals surface area contributed by atoms with Crippen molar-refractivity contribution in [2.45, 2.75) is 5.75 Å². The zero-order chi connectivity index (χ0) is 16.2. The van der Waals surface area contributed by atoms with Crippen molar-refractivity contribution in [3.63, 3.8) is 0 Å². The van der Waals surface area contributed by atoms with E-state index in [2.05, 4.69) is 10.0 Å². The molecule has 0 saturated heterocycles. The van der Waals surface area contributed by atoms with Crippen LogP contribution in [0.25, 0.3) is 0 Å². The molecule has 2 aromatic rings. The van der Waals surface area contributed by atoms with Gasteiger partial charge < -0.3 is 5.32 Å². The van der Waals surface area contributed by atoms with Gasteiger partial charge in [0.15, 0.2) is 5.11 Å². The fourth-order valence-electron chi connectivity index (χ4n) is 1.70. The van der Waals surface area contributed by atoms with Crippen LogP contribution in [0.5, 0.6) is 0 Å². The Morgan fingerprint density at radius 2 is 1.73 bits per heavy atom. The first-order chi connectivity index (χ1) is 10.4. The number of hydrogen-bond donors (Lipinski definition) is 2. The van der Waals surface area contributed by atoms with Crippen molar-refractivity contribution in [2.75, 3.05) is 5.32 Å². The number of nitrogens with one attached hydrogen (secondary N) is 2. The summed E-state index contributed by atoms with van der Waals surface area (Å²) in [6, 6.07) is 13.6. The highest BCUT2D eigenvalue weighted by Gasteiger charge is 2.13. The van der Waals surface area contributed by atoms with Crippen molar-refractivity contribution in [1.82, 2.24) is 4.72 Å². The van der Waals surface area contributed by atoms with Crippen LogP contribution < -0.4 is 10.0 Å². The Kier molecular flexibility index (Phi) is 5.63. The molecule has 2 aromatic carbocycles. The summed E-state index contributed by atoms with van der Waals surface area (Å²) in [5, 5.41) is 3.47. The first-order valence-corrected chi connectivity index (χ1v) is 8.98. The van der Waals surface area contributed by atoms with Gasteiger partial charge in [0.25, 0.3) is 0 Å². The summed E-state index contributed by atoms with van der Waals surface area (Å²) in [7, 11) is -3.59. The molecule has 4 nitrogen and oxygen atoms in total. The molecule has 0 bridgehead atoms. The number of hydrogen-bond acceptors (Lipinski definition) is 3. The maximum atomic E-state index is 12.0. The number of rotatable bonds is 4. The van der Waals surface area contributed by atoms with Gasteiger partial charge in [-0.2, -0.15) is 0 Å². The van der Waals surface area contributed by atoms with Gasteiger partial charge in [-0.3, -0.25) is 4.72 Å². The van der Waals surface area contributed by atoms with Crippen LogP contribution in [-0.2, 0) is 15.8 Å². The van der Waals surface area contributed by atoms with Crippen molar-refractivity contribution in [1.29, 1.82) is 0 Å². The van der Waals surface area contributed by atoms with E-state index in [1.165, 1.54) is 0 Å². The molecule has 0 atom stereocenters. The van der Waals surface area contributed by atoms with Gasteiger partial charge >= 0.3 is 0 Å². The summed E-state index contributed by atoms with van der Waals surface area (Å²) >= 11 is 16.7. The summed E-state index contributed by atoms with van der Waals surface area (Å²) in [5.41, 5.74) is 1.22. The van der Waals surface area contributed by atoms with Crippen LogP contribution in [0.2, 0.25) is 10.0 Å². The van der Waals surface area contributed by atoms with Crippen molar-refractivity contribution in [2.24, 2.45) is 0 Å². The molecule has 116 valence electrons. The molecule has 0 aliphatic heterocycles. The van der Waals surface area contributed by atoms with Crippen LogP contribution in [-0.4, -0.2) is 13.5 Å². The zero-order valence-corrected chi connectivity index (χ0v) is 14.4. The van der Waals surface area contributed by atoms with E-state index in [0.29, 0.717) is 21.3 Å². The maximum Gasteiger partial charge on any atom is 0.238 e. The Balaban J connectivity index is 2.00. The minimum absolute atomic E-state index is 0.0330. The molecule has 22 heavy (non-hydrogen) atoms. The fourth-order valence-corrected chi connectivity index (χ4v) is 3.54. The van der Waals surface area contributed by atoms with Gasteiger partial charge in [-0.25, -0.2) is 8.42 Å². The van der Waals surface area contributed by atoms with E-state index in [1.807, 2.05) is 6.07 Å². The minimum atomic E-state index is -3.59. The van der Waals surface area contributed by atoms with Crippen molar-refractivity contribution >= 4 is 56.2 Å². The molecule has 0 amide bonds. The second-order valence-electron chi connectivity index (χ2n) is 4.43. The zero-order valence-electron chi connectivity index (χ0n) is 11.2. The fraction of sp³-hybridized carbons (Fsp3) is 0.0714. The molecule has 0 fully saturated rings. The molecule has 0 unspecified atom stereocenters. The SMILES string of the molecule is O=S(=O)(Cc1ccccc1)NC(=S)Nc1ccc(Cl)c(Cl)c1. The third-order valence-corrected chi connectivity index (χ3v) is 4.93. The third-order valence-electron chi connectivity index (χ3n) is 2.63. The van der Waals surface area contributed by atoms with Crippen molar-refractivity contribution < 1.29 is 8.42 Å². The highest BCUT2D eigenvalue weighted by Crippen LogP contribution is 2.24. The van der Waals surface area contributed by atoms with Gasteiger partial charge in [-0.15, -0.1) is 0 Å². The Labute approximate surface area is 144 Å². The van der Waals surface area contributed by atoms with E-state index in [9.17, 15) is 8.42 Å². The minimum Gasteiger partial charge on any atom is -0.332 e. The molecular formula is C14H12Cl2N2O2S2. The lowest BCUT2D eigenvalue weighted by Crippen LogP contribution is -2.34. The summed E-state index contributed by atoms with van der Waals surface area (Å²) in [6.07, 6.45) is 0. The van der Waals surface area contributed by atoms with Crippen molar-refractivity contribution in [3.05, 3.63) is 64.1 Å². The van der Waals surface area contributed by atoms with E-state index in [4.69, 9.17) is 35.4 Å². The Bertz CT molecular complexity index is 781. The van der Waals surface area contributed by atoms with Crippen LogP contribution in [0.3, 0.4) is 0 Å². The van der Waals surface area contributed by atoms with Gasteiger partial charge in [-0.05, 0) is 36.0 Å². The lowest BCUT2D eigenvalue weighted by atomic mass is 10.2. The molecule has 0 saturated carbocycles. The molecule has 2 rings (SSSR count). The van der Waals surface area contributed by atoms with Gasteiger partial charge in [-0.1, -0.05) is 53.5 Å². The first kappa shape index (κ1) is 17.0. The predicted molar refractivity (Wildman–Crippen MR) is 94.9 cm³/mol. The average Bonchev–Trinajstić information content (AvgIpc) is 2.42. The first-order valence-electron chi connectivity index (χ1n) is 6.16. The number of halogens is 2. The molecule has 0 aliphatic carbocycles. The molecule has 0 aromatic heterocycles. The molecule has 0 spiro atoms. The average molecular weight is 375 g/mol. The molecule has 2 N–H and O–H groups in total. The van der Waals surface area contributed by atoms with Crippen molar-refractivity contribution in [3.8, 4) is 0 Å². The number of thiocarbonyl (C=S) groups is 1. The van der Waals surface area contributed by atoms with E-state index >= 15 is 0 Å². The molecule has 0 aliphatic rings. The highest BCUT2D eigenvalue weighted by atomic mass is 35.5. The van der Waals surface area contributed by atoms with Crippen LogP contribution in [0, 0.1) is 0 Å². The second kappa shape index (κ2) is 7.28. The normalized spacial score (nSPS) is 11.0. The molecule has 0 radical (unpaired) electrons. The summed E-state index contributed by atoms with van der Waals surface area (Å²) in [4.78, 5) is 0. The van der Waals surface area contributed by atoms with E-state index in [-0.39, 0.29) is 10.9 Å². The quantitative estimate of drug-likeness (QED) is 0.798. The standard InChI is InChI=1S/C14H12Cl2N2O2S2/c15-12-7-6-11(8-13(12)16)17-14(21)18-22(19,20)9-10-4-2-1-3-5-10/h1-8H,9H2,(H2,17,18,21). The summed E-state index contributed by atoms with van der Waals surface area (Å²) < 4.78 is 26.4. The summed E-state index contributed by atoms with van der Waals surface area (Å²) in [6.45, 7) is 0. The van der Waals surface area contributed by atoms with Gasteiger partial charge in [0.05, 0.1) is 15.8 Å². The van der Waals surface area contributed by atoms with Gasteiger partial charge in [0, 0.05) is 5.69 Å². The number of benzene rings is 2. The lowest BCUT2D eigenvalue weighted by molar-refractivity contribution is 0.592.